The van der Waals surface area contributed by atoms with E-state index in [4.69, 9.17) is 0 Å². The van der Waals surface area contributed by atoms with Crippen LogP contribution in [0.5, 0.6) is 0 Å². The van der Waals surface area contributed by atoms with E-state index >= 15 is 0 Å². The van der Waals surface area contributed by atoms with Crippen molar-refractivity contribution in [3.63, 3.8) is 0 Å². The molecule has 2 rings (SSSR count). The number of amides is 1. The smallest absolute Gasteiger partial charge is 0.274 e. The first-order valence-electron chi connectivity index (χ1n) is 5.90. The summed E-state index contributed by atoms with van der Waals surface area (Å²) < 4.78 is 13.7. The van der Waals surface area contributed by atoms with Crippen LogP contribution in [-0.2, 0) is 0 Å². The van der Waals surface area contributed by atoms with Crippen molar-refractivity contribution in [2.45, 2.75) is 6.92 Å². The number of nitrogens with zero attached hydrogens (tertiary/aromatic N) is 1. The number of nitro groups is 1. The third kappa shape index (κ3) is 3.43. The Morgan fingerprint density at radius 1 is 1.33 bits per heavy atom. The molecule has 0 saturated heterocycles. The maximum absolute atomic E-state index is 13.3. The molecule has 0 bridgehead atoms. The predicted octanol–water partition coefficient (Wildman–Crippen LogP) is 4.06. The van der Waals surface area contributed by atoms with Crippen molar-refractivity contribution in [3.05, 3.63) is 67.9 Å². The Balaban J connectivity index is 2.32. The molecule has 7 heteroatoms. The Bertz CT molecular complexity index is 714. The molecule has 0 saturated carbocycles. The highest BCUT2D eigenvalue weighted by molar-refractivity contribution is 9.10. The van der Waals surface area contributed by atoms with Crippen LogP contribution in [0.25, 0.3) is 0 Å². The van der Waals surface area contributed by atoms with Gasteiger partial charge in [-0.3, -0.25) is 14.9 Å². The molecule has 0 heterocycles. The van der Waals surface area contributed by atoms with Crippen LogP contribution in [0, 0.1) is 22.9 Å². The highest BCUT2D eigenvalue weighted by atomic mass is 79.9. The van der Waals surface area contributed by atoms with Gasteiger partial charge in [-0.2, -0.15) is 0 Å². The molecule has 108 valence electrons. The molecule has 0 aromatic heterocycles. The van der Waals surface area contributed by atoms with Gasteiger partial charge in [0.2, 0.25) is 0 Å². The van der Waals surface area contributed by atoms with Crippen LogP contribution in [0.2, 0.25) is 0 Å². The Labute approximate surface area is 128 Å². The second-order valence-electron chi connectivity index (χ2n) is 4.32. The van der Waals surface area contributed by atoms with Gasteiger partial charge in [-0.25, -0.2) is 4.39 Å². The van der Waals surface area contributed by atoms with Gasteiger partial charge >= 0.3 is 0 Å². The van der Waals surface area contributed by atoms with Crippen molar-refractivity contribution in [2.24, 2.45) is 0 Å². The first kappa shape index (κ1) is 15.1. The monoisotopic (exact) mass is 352 g/mol. The molecule has 0 spiro atoms. The maximum Gasteiger partial charge on any atom is 0.274 e. The molecule has 0 aliphatic rings. The number of rotatable bonds is 3. The number of nitro benzene ring substituents is 1. The number of hydrogen-bond donors (Lipinski definition) is 1. The minimum absolute atomic E-state index is 0.0896. The van der Waals surface area contributed by atoms with E-state index in [1.807, 2.05) is 0 Å². The number of benzene rings is 2. The van der Waals surface area contributed by atoms with E-state index in [9.17, 15) is 19.3 Å². The van der Waals surface area contributed by atoms with Crippen molar-refractivity contribution in [1.82, 2.24) is 0 Å². The minimum Gasteiger partial charge on any atom is -0.321 e. The Morgan fingerprint density at radius 2 is 2.05 bits per heavy atom. The topological polar surface area (TPSA) is 72.2 Å². The van der Waals surface area contributed by atoms with Crippen LogP contribution in [0.1, 0.15) is 15.9 Å². The van der Waals surface area contributed by atoms with Crippen LogP contribution in [0.4, 0.5) is 15.8 Å². The summed E-state index contributed by atoms with van der Waals surface area (Å²) in [5.41, 5.74) is 0.682. The lowest BCUT2D eigenvalue weighted by Gasteiger charge is -2.09. The lowest BCUT2D eigenvalue weighted by atomic mass is 10.1. The maximum atomic E-state index is 13.3. The van der Waals surface area contributed by atoms with E-state index in [0.29, 0.717) is 15.7 Å². The number of nitrogens with one attached hydrogen (secondary N) is 1. The number of anilines is 1. The number of halogens is 2. The Morgan fingerprint density at radius 3 is 2.67 bits per heavy atom. The molecule has 0 atom stereocenters. The zero-order valence-corrected chi connectivity index (χ0v) is 12.5. The largest absolute Gasteiger partial charge is 0.321 e. The minimum atomic E-state index is -0.551. The fraction of sp³-hybridized carbons (Fsp3) is 0.0714. The summed E-state index contributed by atoms with van der Waals surface area (Å²) in [6.45, 7) is 1.54. The lowest BCUT2D eigenvalue weighted by molar-refractivity contribution is -0.385. The van der Waals surface area contributed by atoms with Crippen LogP contribution < -0.4 is 5.32 Å². The molecule has 5 nitrogen and oxygen atoms in total. The standard InChI is InChI=1S/C14H10BrFN2O3/c1-8-12(3-2-4-13(8)18(20)21)17-14(19)9-5-10(15)7-11(16)6-9/h2-7H,1H3,(H,17,19). The first-order valence-corrected chi connectivity index (χ1v) is 6.69. The van der Waals surface area contributed by atoms with Gasteiger partial charge in [-0.05, 0) is 31.2 Å². The average Bonchev–Trinajstić information content (AvgIpc) is 2.39. The SMILES string of the molecule is Cc1c(NC(=O)c2cc(F)cc(Br)c2)cccc1[N+](=O)[O-]. The van der Waals surface area contributed by atoms with E-state index < -0.39 is 16.6 Å². The highest BCUT2D eigenvalue weighted by Gasteiger charge is 2.16. The average molecular weight is 353 g/mol. The van der Waals surface area contributed by atoms with Crippen molar-refractivity contribution >= 4 is 33.2 Å². The molecule has 0 radical (unpaired) electrons. The number of carbonyl (C=O) groups excluding carboxylic acids is 1. The molecule has 0 fully saturated rings. The third-order valence-electron chi connectivity index (χ3n) is 2.87. The Hall–Kier alpha value is -2.28. The molecular weight excluding hydrogens is 343 g/mol. The molecular formula is C14H10BrFN2O3. The third-order valence-corrected chi connectivity index (χ3v) is 3.33. The molecule has 1 N–H and O–H groups in total. The fourth-order valence-corrected chi connectivity index (χ4v) is 2.30. The summed E-state index contributed by atoms with van der Waals surface area (Å²) in [5, 5.41) is 13.4. The molecule has 0 aliphatic carbocycles. The molecule has 1 amide bonds. The van der Waals surface area contributed by atoms with Gasteiger partial charge in [0.1, 0.15) is 5.82 Å². The number of carbonyl (C=O) groups is 1. The first-order chi connectivity index (χ1) is 9.88. The molecule has 2 aromatic rings. The normalized spacial score (nSPS) is 10.2. The van der Waals surface area contributed by atoms with Crippen molar-refractivity contribution in [1.29, 1.82) is 0 Å². The summed E-state index contributed by atoms with van der Waals surface area (Å²) in [4.78, 5) is 22.4. The van der Waals surface area contributed by atoms with Crippen LogP contribution in [0.3, 0.4) is 0 Å². The molecule has 0 unspecified atom stereocenters. The molecule has 21 heavy (non-hydrogen) atoms. The van der Waals surface area contributed by atoms with E-state index in [1.54, 1.807) is 6.07 Å². The van der Waals surface area contributed by atoms with Gasteiger partial charge in [0.15, 0.2) is 0 Å². The summed E-state index contributed by atoms with van der Waals surface area (Å²) in [6.07, 6.45) is 0. The van der Waals surface area contributed by atoms with E-state index in [0.717, 1.165) is 6.07 Å². The second-order valence-corrected chi connectivity index (χ2v) is 5.23. The van der Waals surface area contributed by atoms with Crippen molar-refractivity contribution in [2.75, 3.05) is 5.32 Å². The van der Waals surface area contributed by atoms with Crippen LogP contribution in [-0.4, -0.2) is 10.8 Å². The van der Waals surface area contributed by atoms with Gasteiger partial charge < -0.3 is 5.32 Å². The zero-order chi connectivity index (χ0) is 15.6. The van der Waals surface area contributed by atoms with Crippen molar-refractivity contribution in [3.8, 4) is 0 Å². The van der Waals surface area contributed by atoms with Gasteiger partial charge in [0, 0.05) is 16.1 Å². The van der Waals surface area contributed by atoms with E-state index in [-0.39, 0.29) is 11.3 Å². The van der Waals surface area contributed by atoms with E-state index in [2.05, 4.69) is 21.2 Å². The summed E-state index contributed by atoms with van der Waals surface area (Å²) in [5.74, 6) is -1.09. The second kappa shape index (κ2) is 6.01. The number of hydrogen-bond acceptors (Lipinski definition) is 3. The summed E-state index contributed by atoms with van der Waals surface area (Å²) in [6, 6.07) is 8.16. The lowest BCUT2D eigenvalue weighted by Crippen LogP contribution is -2.13. The van der Waals surface area contributed by atoms with Crippen LogP contribution >= 0.6 is 15.9 Å². The molecule has 2 aromatic carbocycles. The fourth-order valence-electron chi connectivity index (χ4n) is 1.84. The Kier molecular flexibility index (Phi) is 4.32. The van der Waals surface area contributed by atoms with Gasteiger partial charge in [-0.1, -0.05) is 22.0 Å². The molecule has 0 aliphatic heterocycles. The van der Waals surface area contributed by atoms with Crippen molar-refractivity contribution < 1.29 is 14.1 Å². The van der Waals surface area contributed by atoms with Gasteiger partial charge in [-0.15, -0.1) is 0 Å². The predicted molar refractivity (Wildman–Crippen MR) is 79.9 cm³/mol. The highest BCUT2D eigenvalue weighted by Crippen LogP contribution is 2.25. The van der Waals surface area contributed by atoms with E-state index in [1.165, 1.54) is 31.2 Å². The summed E-state index contributed by atoms with van der Waals surface area (Å²) in [7, 11) is 0. The summed E-state index contributed by atoms with van der Waals surface area (Å²) >= 11 is 3.10. The zero-order valence-electron chi connectivity index (χ0n) is 10.9. The van der Waals surface area contributed by atoms with Crippen LogP contribution in [0.15, 0.2) is 40.9 Å². The quantitative estimate of drug-likeness (QED) is 0.668. The van der Waals surface area contributed by atoms with Gasteiger partial charge in [0.05, 0.1) is 16.2 Å². The van der Waals surface area contributed by atoms with Gasteiger partial charge in [0.25, 0.3) is 11.6 Å².